The summed E-state index contributed by atoms with van der Waals surface area (Å²) in [6.45, 7) is 3.14. The smallest absolute Gasteiger partial charge is 0.185 e. The Hall–Kier alpha value is -1.09. The van der Waals surface area contributed by atoms with Gasteiger partial charge in [0.05, 0.1) is 6.54 Å². The van der Waals surface area contributed by atoms with Crippen molar-refractivity contribution in [1.29, 1.82) is 0 Å². The average molecular weight is 179 g/mol. The van der Waals surface area contributed by atoms with Gasteiger partial charge in [-0.3, -0.25) is 9.69 Å². The van der Waals surface area contributed by atoms with Crippen LogP contribution in [0, 0.1) is 0 Å². The van der Waals surface area contributed by atoms with Crippen molar-refractivity contribution in [3.63, 3.8) is 0 Å². The van der Waals surface area contributed by atoms with Gasteiger partial charge in [0.15, 0.2) is 12.0 Å². The number of carbonyl (C=O) groups excluding carboxylic acids is 1. The summed E-state index contributed by atoms with van der Waals surface area (Å²) < 4.78 is 5.28. The highest BCUT2D eigenvalue weighted by atomic mass is 16.3. The van der Waals surface area contributed by atoms with Gasteiger partial charge in [-0.1, -0.05) is 0 Å². The van der Waals surface area contributed by atoms with Crippen LogP contribution in [0.2, 0.25) is 0 Å². The lowest BCUT2D eigenvalue weighted by Gasteiger charge is -2.11. The molecule has 0 aromatic carbocycles. The summed E-state index contributed by atoms with van der Waals surface area (Å²) in [5.74, 6) is 1.32. The normalized spacial score (nSPS) is 17.8. The second kappa shape index (κ2) is 3.75. The molecular formula is C10H13NO2. The fourth-order valence-corrected chi connectivity index (χ4v) is 1.70. The quantitative estimate of drug-likeness (QED) is 0.662. The van der Waals surface area contributed by atoms with Gasteiger partial charge in [-0.25, -0.2) is 0 Å². The predicted molar refractivity (Wildman–Crippen MR) is 48.6 cm³/mol. The van der Waals surface area contributed by atoms with Gasteiger partial charge >= 0.3 is 0 Å². The number of likely N-dealkylation sites (tertiary alicyclic amines) is 1. The molecule has 0 aliphatic carbocycles. The summed E-state index contributed by atoms with van der Waals surface area (Å²) in [5.41, 5.74) is 0. The molecule has 0 amide bonds. The number of furan rings is 1. The van der Waals surface area contributed by atoms with Gasteiger partial charge in [-0.05, 0) is 38.1 Å². The first kappa shape index (κ1) is 8.51. The minimum absolute atomic E-state index is 0.425. The van der Waals surface area contributed by atoms with Crippen LogP contribution in [-0.4, -0.2) is 24.3 Å². The molecule has 3 nitrogen and oxygen atoms in total. The van der Waals surface area contributed by atoms with Gasteiger partial charge in [-0.15, -0.1) is 0 Å². The molecule has 1 aromatic heterocycles. The SMILES string of the molecule is O=Cc1ccc(CN2CCCC2)o1. The largest absolute Gasteiger partial charge is 0.457 e. The molecule has 0 spiro atoms. The average Bonchev–Trinajstić information content (AvgIpc) is 2.76. The van der Waals surface area contributed by atoms with Gasteiger partial charge in [0.2, 0.25) is 0 Å². The number of nitrogens with zero attached hydrogens (tertiary/aromatic N) is 1. The zero-order valence-corrected chi connectivity index (χ0v) is 7.53. The molecule has 3 heteroatoms. The Kier molecular flexibility index (Phi) is 2.45. The van der Waals surface area contributed by atoms with Crippen molar-refractivity contribution in [3.8, 4) is 0 Å². The lowest BCUT2D eigenvalue weighted by molar-refractivity contribution is 0.109. The van der Waals surface area contributed by atoms with Crippen LogP contribution in [0.5, 0.6) is 0 Å². The van der Waals surface area contributed by atoms with E-state index < -0.39 is 0 Å². The summed E-state index contributed by atoms with van der Waals surface area (Å²) in [7, 11) is 0. The Morgan fingerprint density at radius 3 is 2.77 bits per heavy atom. The van der Waals surface area contributed by atoms with Crippen LogP contribution in [0.4, 0.5) is 0 Å². The number of aldehydes is 1. The van der Waals surface area contributed by atoms with Crippen molar-refractivity contribution in [3.05, 3.63) is 23.7 Å². The Morgan fingerprint density at radius 2 is 2.15 bits per heavy atom. The molecule has 0 saturated carbocycles. The van der Waals surface area contributed by atoms with E-state index in [1.165, 1.54) is 12.8 Å². The summed E-state index contributed by atoms with van der Waals surface area (Å²) in [6, 6.07) is 3.60. The number of hydrogen-bond acceptors (Lipinski definition) is 3. The molecule has 2 heterocycles. The fourth-order valence-electron chi connectivity index (χ4n) is 1.70. The van der Waals surface area contributed by atoms with E-state index in [-0.39, 0.29) is 0 Å². The van der Waals surface area contributed by atoms with Gasteiger partial charge in [0.25, 0.3) is 0 Å². The molecule has 1 saturated heterocycles. The number of rotatable bonds is 3. The van der Waals surface area contributed by atoms with Crippen molar-refractivity contribution in [2.45, 2.75) is 19.4 Å². The Morgan fingerprint density at radius 1 is 1.38 bits per heavy atom. The highest BCUT2D eigenvalue weighted by Gasteiger charge is 2.13. The molecule has 0 unspecified atom stereocenters. The van der Waals surface area contributed by atoms with Crippen LogP contribution >= 0.6 is 0 Å². The minimum Gasteiger partial charge on any atom is -0.457 e. The van der Waals surface area contributed by atoms with E-state index in [9.17, 15) is 4.79 Å². The van der Waals surface area contributed by atoms with Crippen LogP contribution in [0.1, 0.15) is 29.2 Å². The maximum absolute atomic E-state index is 10.3. The molecule has 1 aliphatic rings. The lowest BCUT2D eigenvalue weighted by atomic mass is 10.4. The molecular weight excluding hydrogens is 166 g/mol. The topological polar surface area (TPSA) is 33.5 Å². The summed E-state index contributed by atoms with van der Waals surface area (Å²) in [4.78, 5) is 12.7. The number of hydrogen-bond donors (Lipinski definition) is 0. The molecule has 70 valence electrons. The zero-order chi connectivity index (χ0) is 9.10. The Bertz CT molecular complexity index is 287. The van der Waals surface area contributed by atoms with Gasteiger partial charge in [0, 0.05) is 0 Å². The zero-order valence-electron chi connectivity index (χ0n) is 7.53. The molecule has 0 radical (unpaired) electrons. The Labute approximate surface area is 77.3 Å². The minimum atomic E-state index is 0.425. The Balaban J connectivity index is 1.96. The second-order valence-electron chi connectivity index (χ2n) is 3.41. The van der Waals surface area contributed by atoms with Gasteiger partial charge < -0.3 is 4.42 Å². The highest BCUT2D eigenvalue weighted by Crippen LogP contribution is 2.14. The second-order valence-corrected chi connectivity index (χ2v) is 3.41. The molecule has 0 bridgehead atoms. The van der Waals surface area contributed by atoms with Gasteiger partial charge in [0.1, 0.15) is 5.76 Å². The first-order chi connectivity index (χ1) is 6.38. The molecule has 1 aliphatic heterocycles. The van der Waals surface area contributed by atoms with Crippen LogP contribution in [0.25, 0.3) is 0 Å². The third-order valence-corrected chi connectivity index (χ3v) is 2.38. The van der Waals surface area contributed by atoms with Gasteiger partial charge in [-0.2, -0.15) is 0 Å². The fraction of sp³-hybridized carbons (Fsp3) is 0.500. The summed E-state index contributed by atoms with van der Waals surface area (Å²) in [5, 5.41) is 0. The van der Waals surface area contributed by atoms with Crippen molar-refractivity contribution >= 4 is 6.29 Å². The van der Waals surface area contributed by atoms with E-state index in [0.29, 0.717) is 5.76 Å². The van der Waals surface area contributed by atoms with Crippen molar-refractivity contribution in [1.82, 2.24) is 4.90 Å². The van der Waals surface area contributed by atoms with Crippen LogP contribution in [-0.2, 0) is 6.54 Å². The van der Waals surface area contributed by atoms with E-state index in [0.717, 1.165) is 31.7 Å². The molecule has 1 fully saturated rings. The van der Waals surface area contributed by atoms with Crippen molar-refractivity contribution in [2.24, 2.45) is 0 Å². The van der Waals surface area contributed by atoms with Crippen LogP contribution in [0.3, 0.4) is 0 Å². The van der Waals surface area contributed by atoms with E-state index in [4.69, 9.17) is 4.42 Å². The lowest BCUT2D eigenvalue weighted by Crippen LogP contribution is -2.17. The predicted octanol–water partition coefficient (Wildman–Crippen LogP) is 1.69. The molecule has 0 N–H and O–H groups in total. The summed E-state index contributed by atoms with van der Waals surface area (Å²) in [6.07, 6.45) is 3.30. The summed E-state index contributed by atoms with van der Waals surface area (Å²) >= 11 is 0. The highest BCUT2D eigenvalue weighted by molar-refractivity contribution is 5.70. The van der Waals surface area contributed by atoms with Crippen LogP contribution in [0.15, 0.2) is 16.5 Å². The monoisotopic (exact) mass is 179 g/mol. The van der Waals surface area contributed by atoms with E-state index in [1.807, 2.05) is 6.07 Å². The molecule has 0 atom stereocenters. The molecule has 13 heavy (non-hydrogen) atoms. The maximum Gasteiger partial charge on any atom is 0.185 e. The van der Waals surface area contributed by atoms with Crippen molar-refractivity contribution in [2.75, 3.05) is 13.1 Å². The third-order valence-electron chi connectivity index (χ3n) is 2.38. The first-order valence-electron chi connectivity index (χ1n) is 4.65. The van der Waals surface area contributed by atoms with E-state index in [2.05, 4.69) is 4.90 Å². The van der Waals surface area contributed by atoms with Crippen molar-refractivity contribution < 1.29 is 9.21 Å². The standard InChI is InChI=1S/C10H13NO2/c12-8-10-4-3-9(13-10)7-11-5-1-2-6-11/h3-4,8H,1-2,5-7H2. The molecule has 1 aromatic rings. The molecule has 2 rings (SSSR count). The third kappa shape index (κ3) is 1.98. The maximum atomic E-state index is 10.3. The number of carbonyl (C=O) groups is 1. The van der Waals surface area contributed by atoms with E-state index >= 15 is 0 Å². The van der Waals surface area contributed by atoms with E-state index in [1.54, 1.807) is 6.07 Å². The first-order valence-corrected chi connectivity index (χ1v) is 4.65. The van der Waals surface area contributed by atoms with Crippen LogP contribution < -0.4 is 0 Å².